The van der Waals surface area contributed by atoms with Crippen molar-refractivity contribution in [1.29, 1.82) is 0 Å². The van der Waals surface area contributed by atoms with Gasteiger partial charge in [-0.1, -0.05) is 54.6 Å². The van der Waals surface area contributed by atoms with Gasteiger partial charge in [0.1, 0.15) is 18.1 Å². The first-order valence-electron chi connectivity index (χ1n) is 11.3. The largest absolute Gasteiger partial charge is 0.508 e. The lowest BCUT2D eigenvalue weighted by Gasteiger charge is -2.28. The van der Waals surface area contributed by atoms with Crippen LogP contribution in [0.1, 0.15) is 41.0 Å². The van der Waals surface area contributed by atoms with Crippen LogP contribution in [0.25, 0.3) is 5.57 Å². The van der Waals surface area contributed by atoms with Crippen LogP contribution in [0.2, 0.25) is 0 Å². The molecular weight excluding hydrogens is 382 g/mol. The molecule has 3 aromatic carbocycles. The number of fused-ring (bicyclic) bond motifs is 1. The van der Waals surface area contributed by atoms with Gasteiger partial charge in [0, 0.05) is 12.5 Å². The summed E-state index contributed by atoms with van der Waals surface area (Å²) in [6, 6.07) is 24.9. The number of likely N-dealkylation sites (tertiary alicyclic amines) is 1. The Hall–Kier alpha value is -3.04. The van der Waals surface area contributed by atoms with Crippen LogP contribution in [0.15, 0.2) is 78.9 Å². The number of phenols is 1. The maximum absolute atomic E-state index is 9.98. The summed E-state index contributed by atoms with van der Waals surface area (Å²) < 4.78 is 6.02. The second-order valence-electron chi connectivity index (χ2n) is 8.51. The first-order chi connectivity index (χ1) is 15.3. The van der Waals surface area contributed by atoms with E-state index in [2.05, 4.69) is 71.6 Å². The van der Waals surface area contributed by atoms with Gasteiger partial charge >= 0.3 is 0 Å². The fourth-order valence-electron chi connectivity index (χ4n) is 4.89. The van der Waals surface area contributed by atoms with Crippen molar-refractivity contribution < 1.29 is 9.84 Å². The summed E-state index contributed by atoms with van der Waals surface area (Å²) >= 11 is 0. The molecule has 0 saturated carbocycles. The van der Waals surface area contributed by atoms with Crippen molar-refractivity contribution in [2.45, 2.75) is 25.2 Å². The maximum Gasteiger partial charge on any atom is 0.119 e. The van der Waals surface area contributed by atoms with E-state index >= 15 is 0 Å². The molecule has 1 saturated heterocycles. The SMILES string of the molecule is Oc1ccc2c(c1)CC=C(c1ccccc1)[C@@H]2c1ccc(OCCN2CCCC2)cc1. The summed E-state index contributed by atoms with van der Waals surface area (Å²) in [6.07, 6.45) is 5.77. The molecule has 0 bridgehead atoms. The lowest BCUT2D eigenvalue weighted by atomic mass is 9.75. The summed E-state index contributed by atoms with van der Waals surface area (Å²) in [5.41, 5.74) is 6.27. The Labute approximate surface area is 184 Å². The van der Waals surface area contributed by atoms with Crippen molar-refractivity contribution >= 4 is 5.57 Å². The highest BCUT2D eigenvalue weighted by molar-refractivity contribution is 5.78. The van der Waals surface area contributed by atoms with Crippen LogP contribution in [0.3, 0.4) is 0 Å². The fraction of sp³-hybridized carbons (Fsp3) is 0.286. The molecule has 1 aliphatic heterocycles. The molecule has 158 valence electrons. The van der Waals surface area contributed by atoms with Gasteiger partial charge in [-0.15, -0.1) is 0 Å². The van der Waals surface area contributed by atoms with Gasteiger partial charge in [-0.2, -0.15) is 0 Å². The third kappa shape index (κ3) is 4.38. The fourth-order valence-corrected chi connectivity index (χ4v) is 4.89. The molecule has 0 spiro atoms. The number of ether oxygens (including phenoxy) is 1. The second kappa shape index (κ2) is 8.99. The van der Waals surface area contributed by atoms with Crippen LogP contribution in [0.5, 0.6) is 11.5 Å². The van der Waals surface area contributed by atoms with Crippen LogP contribution in [0, 0.1) is 0 Å². The van der Waals surface area contributed by atoms with Crippen LogP contribution in [-0.2, 0) is 6.42 Å². The number of benzene rings is 3. The number of phenolic OH excluding ortho intramolecular Hbond substituents is 1. The first-order valence-corrected chi connectivity index (χ1v) is 11.3. The van der Waals surface area contributed by atoms with Crippen molar-refractivity contribution in [1.82, 2.24) is 4.90 Å². The summed E-state index contributed by atoms with van der Waals surface area (Å²) in [7, 11) is 0. The van der Waals surface area contributed by atoms with Gasteiger partial charge in [-0.3, -0.25) is 4.90 Å². The molecule has 5 rings (SSSR count). The zero-order valence-electron chi connectivity index (χ0n) is 17.8. The smallest absolute Gasteiger partial charge is 0.119 e. The first kappa shape index (κ1) is 19.9. The van der Waals surface area contributed by atoms with Crippen molar-refractivity contribution in [3.63, 3.8) is 0 Å². The van der Waals surface area contributed by atoms with E-state index < -0.39 is 0 Å². The number of rotatable bonds is 6. The molecule has 1 fully saturated rings. The molecular formula is C28H29NO2. The predicted octanol–water partition coefficient (Wildman–Crippen LogP) is 5.64. The van der Waals surface area contributed by atoms with E-state index in [-0.39, 0.29) is 5.92 Å². The second-order valence-corrected chi connectivity index (χ2v) is 8.51. The minimum Gasteiger partial charge on any atom is -0.508 e. The van der Waals surface area contributed by atoms with Crippen LogP contribution in [-0.4, -0.2) is 36.2 Å². The summed E-state index contributed by atoms with van der Waals surface area (Å²) in [5, 5.41) is 9.98. The van der Waals surface area contributed by atoms with Gasteiger partial charge in [-0.05, 0) is 84.4 Å². The van der Waals surface area contributed by atoms with E-state index in [0.717, 1.165) is 25.3 Å². The van der Waals surface area contributed by atoms with Crippen molar-refractivity contribution in [2.75, 3.05) is 26.2 Å². The van der Waals surface area contributed by atoms with Gasteiger partial charge in [0.15, 0.2) is 0 Å². The number of allylic oxidation sites excluding steroid dienone is 2. The third-order valence-corrected chi connectivity index (χ3v) is 6.49. The van der Waals surface area contributed by atoms with Gasteiger partial charge in [0.25, 0.3) is 0 Å². The Morgan fingerprint density at radius 1 is 0.903 bits per heavy atom. The average molecular weight is 412 g/mol. The number of hydrogen-bond acceptors (Lipinski definition) is 3. The van der Waals surface area contributed by atoms with E-state index in [1.807, 2.05) is 6.07 Å². The highest BCUT2D eigenvalue weighted by Gasteiger charge is 2.26. The Bertz CT molecular complexity index is 1050. The zero-order chi connectivity index (χ0) is 21.0. The van der Waals surface area contributed by atoms with Crippen molar-refractivity contribution in [3.05, 3.63) is 101 Å². The molecule has 1 aliphatic carbocycles. The molecule has 1 heterocycles. The topological polar surface area (TPSA) is 32.7 Å². The van der Waals surface area contributed by atoms with E-state index in [1.165, 1.54) is 53.8 Å². The van der Waals surface area contributed by atoms with Crippen LogP contribution < -0.4 is 4.74 Å². The van der Waals surface area contributed by atoms with E-state index in [0.29, 0.717) is 5.75 Å². The quantitative estimate of drug-likeness (QED) is 0.570. The average Bonchev–Trinajstić information content (AvgIpc) is 3.33. The molecule has 2 aliphatic rings. The lowest BCUT2D eigenvalue weighted by molar-refractivity contribution is 0.238. The van der Waals surface area contributed by atoms with Crippen LogP contribution in [0.4, 0.5) is 0 Å². The Kier molecular flexibility index (Phi) is 5.77. The molecule has 3 aromatic rings. The zero-order valence-corrected chi connectivity index (χ0v) is 17.8. The highest BCUT2D eigenvalue weighted by atomic mass is 16.5. The van der Waals surface area contributed by atoms with Gasteiger partial charge in [0.2, 0.25) is 0 Å². The van der Waals surface area contributed by atoms with E-state index in [1.54, 1.807) is 6.07 Å². The molecule has 1 atom stereocenters. The molecule has 0 unspecified atom stereocenters. The van der Waals surface area contributed by atoms with E-state index in [4.69, 9.17) is 4.74 Å². The predicted molar refractivity (Wildman–Crippen MR) is 126 cm³/mol. The van der Waals surface area contributed by atoms with Crippen molar-refractivity contribution in [3.8, 4) is 11.5 Å². The molecule has 0 aromatic heterocycles. The summed E-state index contributed by atoms with van der Waals surface area (Å²) in [6.45, 7) is 4.14. The van der Waals surface area contributed by atoms with Gasteiger partial charge < -0.3 is 9.84 Å². The standard InChI is InChI=1S/C28H29NO2/c30-24-11-15-27-23(20-24)10-14-26(21-6-2-1-3-7-21)28(27)22-8-12-25(13-9-22)31-19-18-29-16-4-5-17-29/h1-3,6-9,11-15,20,28,30H,4-5,10,16-19H2/t28-/m0/s1. The maximum atomic E-state index is 9.98. The summed E-state index contributed by atoms with van der Waals surface area (Å²) in [5.74, 6) is 1.40. The highest BCUT2D eigenvalue weighted by Crippen LogP contribution is 2.43. The monoisotopic (exact) mass is 411 g/mol. The minimum absolute atomic E-state index is 0.144. The molecule has 1 N–H and O–H groups in total. The minimum atomic E-state index is 0.144. The number of hydrogen-bond donors (Lipinski definition) is 1. The lowest BCUT2D eigenvalue weighted by Crippen LogP contribution is -2.25. The molecule has 31 heavy (non-hydrogen) atoms. The summed E-state index contributed by atoms with van der Waals surface area (Å²) in [4.78, 5) is 2.47. The van der Waals surface area contributed by atoms with Crippen LogP contribution >= 0.6 is 0 Å². The Balaban J connectivity index is 1.40. The Morgan fingerprint density at radius 3 is 2.45 bits per heavy atom. The molecule has 3 heteroatoms. The van der Waals surface area contributed by atoms with Gasteiger partial charge in [0.05, 0.1) is 0 Å². The number of nitrogens with zero attached hydrogens (tertiary/aromatic N) is 1. The molecule has 3 nitrogen and oxygen atoms in total. The van der Waals surface area contributed by atoms with Gasteiger partial charge in [-0.25, -0.2) is 0 Å². The normalized spacial score (nSPS) is 18.5. The Morgan fingerprint density at radius 2 is 1.68 bits per heavy atom. The molecule has 0 amide bonds. The van der Waals surface area contributed by atoms with E-state index in [9.17, 15) is 5.11 Å². The van der Waals surface area contributed by atoms with Crippen molar-refractivity contribution in [2.24, 2.45) is 0 Å². The third-order valence-electron chi connectivity index (χ3n) is 6.49. The number of aromatic hydroxyl groups is 1. The molecule has 0 radical (unpaired) electrons.